The first-order chi connectivity index (χ1) is 16.0. The van der Waals surface area contributed by atoms with Crippen molar-refractivity contribution in [3.63, 3.8) is 0 Å². The van der Waals surface area contributed by atoms with Crippen LogP contribution in [0.15, 0.2) is 83.5 Å². The van der Waals surface area contributed by atoms with Crippen LogP contribution in [0, 0.1) is 13.8 Å². The van der Waals surface area contributed by atoms with Crippen LogP contribution in [-0.4, -0.2) is 12.5 Å². The molecule has 4 heteroatoms. The van der Waals surface area contributed by atoms with E-state index in [4.69, 9.17) is 9.15 Å². The van der Waals surface area contributed by atoms with Gasteiger partial charge < -0.3 is 14.5 Å². The number of fused-ring (bicyclic) bond motifs is 1. The molecule has 1 aromatic heterocycles. The van der Waals surface area contributed by atoms with Gasteiger partial charge in [-0.2, -0.15) is 0 Å². The van der Waals surface area contributed by atoms with E-state index in [-0.39, 0.29) is 11.9 Å². The molecule has 1 N–H and O–H groups in total. The monoisotopic (exact) mass is 439 g/mol. The summed E-state index contributed by atoms with van der Waals surface area (Å²) < 4.78 is 11.7. The SMILES string of the molecule is CCOc1c(/C(C)=C/C(=O)NC(c2ccccc2)c2ccccc2)cc2c(C)coc2c1C. The highest BCUT2D eigenvalue weighted by Crippen LogP contribution is 2.37. The Morgan fingerprint density at radius 3 is 2.21 bits per heavy atom. The molecule has 0 saturated carbocycles. The summed E-state index contributed by atoms with van der Waals surface area (Å²) in [7, 11) is 0. The maximum absolute atomic E-state index is 13.2. The zero-order valence-electron chi connectivity index (χ0n) is 19.5. The molecule has 0 radical (unpaired) electrons. The molecule has 1 amide bonds. The molecule has 0 spiro atoms. The second-order valence-electron chi connectivity index (χ2n) is 8.20. The number of carbonyl (C=O) groups excluding carboxylic acids is 1. The van der Waals surface area contributed by atoms with Crippen molar-refractivity contribution < 1.29 is 13.9 Å². The topological polar surface area (TPSA) is 51.5 Å². The molecule has 0 unspecified atom stereocenters. The average Bonchev–Trinajstić information content (AvgIpc) is 3.21. The van der Waals surface area contributed by atoms with Gasteiger partial charge in [-0.25, -0.2) is 0 Å². The van der Waals surface area contributed by atoms with E-state index in [2.05, 4.69) is 11.4 Å². The quantitative estimate of drug-likeness (QED) is 0.324. The Bertz CT molecular complexity index is 1250. The molecule has 0 bridgehead atoms. The third kappa shape index (κ3) is 4.70. The zero-order chi connectivity index (χ0) is 23.4. The number of ether oxygens (including phenoxy) is 1. The van der Waals surface area contributed by atoms with Crippen molar-refractivity contribution in [2.24, 2.45) is 0 Å². The molecule has 0 atom stereocenters. The van der Waals surface area contributed by atoms with Crippen molar-refractivity contribution in [3.8, 4) is 5.75 Å². The van der Waals surface area contributed by atoms with Crippen LogP contribution in [0.4, 0.5) is 0 Å². The smallest absolute Gasteiger partial charge is 0.245 e. The Hall–Kier alpha value is -3.79. The lowest BCUT2D eigenvalue weighted by Crippen LogP contribution is -2.28. The highest BCUT2D eigenvalue weighted by atomic mass is 16.5. The fraction of sp³-hybridized carbons (Fsp3) is 0.207. The minimum Gasteiger partial charge on any atom is -0.493 e. The Kier molecular flexibility index (Phi) is 6.64. The molecule has 4 nitrogen and oxygen atoms in total. The number of nitrogens with one attached hydrogen (secondary N) is 1. The second kappa shape index (κ2) is 9.78. The third-order valence-electron chi connectivity index (χ3n) is 5.85. The van der Waals surface area contributed by atoms with E-state index in [1.165, 1.54) is 0 Å². The number of amides is 1. The van der Waals surface area contributed by atoms with Crippen molar-refractivity contribution >= 4 is 22.4 Å². The van der Waals surface area contributed by atoms with Gasteiger partial charge in [0.2, 0.25) is 5.91 Å². The largest absolute Gasteiger partial charge is 0.493 e. The van der Waals surface area contributed by atoms with Crippen LogP contribution >= 0.6 is 0 Å². The number of rotatable bonds is 7. The average molecular weight is 440 g/mol. The summed E-state index contributed by atoms with van der Waals surface area (Å²) in [5.41, 5.74) is 6.62. The van der Waals surface area contributed by atoms with Crippen molar-refractivity contribution in [1.82, 2.24) is 5.32 Å². The highest BCUT2D eigenvalue weighted by Gasteiger charge is 2.19. The Morgan fingerprint density at radius 1 is 1.03 bits per heavy atom. The zero-order valence-corrected chi connectivity index (χ0v) is 19.5. The first-order valence-electron chi connectivity index (χ1n) is 11.2. The summed E-state index contributed by atoms with van der Waals surface area (Å²) in [4.78, 5) is 13.2. The van der Waals surface area contributed by atoms with Crippen molar-refractivity contribution in [3.05, 3.63) is 107 Å². The van der Waals surface area contributed by atoms with Crippen molar-refractivity contribution in [2.75, 3.05) is 6.61 Å². The Balaban J connectivity index is 1.70. The second-order valence-corrected chi connectivity index (χ2v) is 8.20. The van der Waals surface area contributed by atoms with Crippen LogP contribution in [0.5, 0.6) is 5.75 Å². The third-order valence-corrected chi connectivity index (χ3v) is 5.85. The maximum atomic E-state index is 13.2. The fourth-order valence-corrected chi connectivity index (χ4v) is 4.17. The molecule has 4 rings (SSSR count). The van der Waals surface area contributed by atoms with Gasteiger partial charge in [-0.3, -0.25) is 4.79 Å². The van der Waals surface area contributed by atoms with Gasteiger partial charge in [0.1, 0.15) is 11.3 Å². The van der Waals surface area contributed by atoms with E-state index in [1.807, 2.05) is 88.4 Å². The van der Waals surface area contributed by atoms with Gasteiger partial charge in [-0.05, 0) is 56.0 Å². The molecule has 168 valence electrons. The standard InChI is InChI=1S/C29H29NO3/c1-5-32-28-21(4)29-25(20(3)18-33-29)17-24(28)19(2)16-26(31)30-27(22-12-8-6-9-13-22)23-14-10-7-11-15-23/h6-18,27H,5H2,1-4H3,(H,30,31)/b19-16+. The van der Waals surface area contributed by atoms with Gasteiger partial charge in [0.15, 0.2) is 0 Å². The fourth-order valence-electron chi connectivity index (χ4n) is 4.17. The van der Waals surface area contributed by atoms with Crippen LogP contribution in [0.2, 0.25) is 0 Å². The predicted molar refractivity (Wildman–Crippen MR) is 133 cm³/mol. The van der Waals surface area contributed by atoms with Gasteiger partial charge in [-0.15, -0.1) is 0 Å². The lowest BCUT2D eigenvalue weighted by molar-refractivity contribution is -0.116. The Labute approximate surface area is 194 Å². The van der Waals surface area contributed by atoms with Gasteiger partial charge in [0.05, 0.1) is 18.9 Å². The number of hydrogen-bond donors (Lipinski definition) is 1. The minimum atomic E-state index is -0.240. The lowest BCUT2D eigenvalue weighted by atomic mass is 9.97. The summed E-state index contributed by atoms with van der Waals surface area (Å²) in [5.74, 6) is 0.595. The molecule has 0 aliphatic carbocycles. The minimum absolute atomic E-state index is 0.158. The number of benzene rings is 3. The van der Waals surface area contributed by atoms with E-state index < -0.39 is 0 Å². The molecular weight excluding hydrogens is 410 g/mol. The first-order valence-corrected chi connectivity index (χ1v) is 11.2. The maximum Gasteiger partial charge on any atom is 0.245 e. The summed E-state index contributed by atoms with van der Waals surface area (Å²) in [6, 6.07) is 21.8. The number of hydrogen-bond acceptors (Lipinski definition) is 3. The van der Waals surface area contributed by atoms with E-state index in [0.717, 1.165) is 50.1 Å². The van der Waals surface area contributed by atoms with Gasteiger partial charge in [0.25, 0.3) is 0 Å². The summed E-state index contributed by atoms with van der Waals surface area (Å²) >= 11 is 0. The molecule has 1 heterocycles. The number of carbonyl (C=O) groups is 1. The molecule has 0 fully saturated rings. The lowest BCUT2D eigenvalue weighted by Gasteiger charge is -2.19. The number of furan rings is 1. The number of allylic oxidation sites excluding steroid dienone is 1. The summed E-state index contributed by atoms with van der Waals surface area (Å²) in [5, 5.41) is 4.22. The van der Waals surface area contributed by atoms with Crippen LogP contribution in [-0.2, 0) is 4.79 Å². The van der Waals surface area contributed by atoms with Crippen LogP contribution in [0.25, 0.3) is 16.5 Å². The molecule has 33 heavy (non-hydrogen) atoms. The Morgan fingerprint density at radius 2 is 1.64 bits per heavy atom. The van der Waals surface area contributed by atoms with Crippen LogP contribution in [0.1, 0.15) is 47.7 Å². The van der Waals surface area contributed by atoms with E-state index in [1.54, 1.807) is 12.3 Å². The molecule has 0 aliphatic rings. The highest BCUT2D eigenvalue weighted by molar-refractivity contribution is 5.98. The summed E-state index contributed by atoms with van der Waals surface area (Å²) in [6.07, 6.45) is 3.41. The van der Waals surface area contributed by atoms with E-state index in [9.17, 15) is 4.79 Å². The van der Waals surface area contributed by atoms with Gasteiger partial charge in [0, 0.05) is 22.6 Å². The predicted octanol–water partition coefficient (Wildman–Crippen LogP) is 6.76. The molecule has 3 aromatic carbocycles. The molecule has 0 saturated heterocycles. The van der Waals surface area contributed by atoms with Crippen LogP contribution in [0.3, 0.4) is 0 Å². The van der Waals surface area contributed by atoms with E-state index >= 15 is 0 Å². The molecule has 4 aromatic rings. The van der Waals surface area contributed by atoms with Gasteiger partial charge in [-0.1, -0.05) is 60.7 Å². The van der Waals surface area contributed by atoms with Crippen molar-refractivity contribution in [2.45, 2.75) is 33.7 Å². The number of aryl methyl sites for hydroxylation is 2. The normalized spacial score (nSPS) is 11.7. The van der Waals surface area contributed by atoms with E-state index in [0.29, 0.717) is 6.61 Å². The summed E-state index contributed by atoms with van der Waals surface area (Å²) in [6.45, 7) is 8.44. The van der Waals surface area contributed by atoms with Crippen LogP contribution < -0.4 is 10.1 Å². The first kappa shape index (κ1) is 22.4. The van der Waals surface area contributed by atoms with Gasteiger partial charge >= 0.3 is 0 Å². The van der Waals surface area contributed by atoms with Crippen molar-refractivity contribution in [1.29, 1.82) is 0 Å². The molecule has 0 aliphatic heterocycles. The molecular formula is C29H29NO3.